The molecule has 2 nitrogen and oxygen atoms in total. The van der Waals surface area contributed by atoms with Gasteiger partial charge in [0.2, 0.25) is 0 Å². The summed E-state index contributed by atoms with van der Waals surface area (Å²) in [5, 5.41) is 20.6. The number of hydrogen-bond acceptors (Lipinski definition) is 2. The van der Waals surface area contributed by atoms with Gasteiger partial charge < -0.3 is 10.2 Å². The molecule has 0 amide bonds. The van der Waals surface area contributed by atoms with Crippen LogP contribution in [0.25, 0.3) is 0 Å². The van der Waals surface area contributed by atoms with Crippen molar-refractivity contribution in [3.8, 4) is 0 Å². The predicted octanol–water partition coefficient (Wildman–Crippen LogP) is 7.13. The number of hydrogen-bond donors (Lipinski definition) is 2. The minimum Gasteiger partial charge on any atom is -0.390 e. The van der Waals surface area contributed by atoms with Crippen molar-refractivity contribution in [2.75, 3.05) is 0 Å². The van der Waals surface area contributed by atoms with E-state index in [9.17, 15) is 23.4 Å². The van der Waals surface area contributed by atoms with E-state index in [2.05, 4.69) is 20.8 Å². The highest BCUT2D eigenvalue weighted by Crippen LogP contribution is 2.69. The highest BCUT2D eigenvalue weighted by molar-refractivity contribution is 5.10. The maximum atomic E-state index is 13.1. The van der Waals surface area contributed by atoms with E-state index < -0.39 is 17.4 Å². The first-order chi connectivity index (χ1) is 14.6. The molecule has 2 N–H and O–H groups in total. The van der Waals surface area contributed by atoms with E-state index in [1.165, 1.54) is 32.1 Å². The second-order valence-corrected chi connectivity index (χ2v) is 13.4. The molecular weight excluding hydrogens is 413 g/mol. The Hall–Kier alpha value is -0.290. The zero-order valence-electron chi connectivity index (χ0n) is 20.8. The Morgan fingerprint density at radius 2 is 1.56 bits per heavy atom. The Bertz CT molecular complexity index is 702. The third kappa shape index (κ3) is 3.95. The number of halogens is 3. The Morgan fingerprint density at radius 1 is 0.906 bits per heavy atom. The molecule has 186 valence electrons. The van der Waals surface area contributed by atoms with Gasteiger partial charge in [-0.2, -0.15) is 13.2 Å². The lowest BCUT2D eigenvalue weighted by atomic mass is 9.43. The summed E-state index contributed by atoms with van der Waals surface area (Å²) in [6, 6.07) is 0. The largest absolute Gasteiger partial charge is 0.416 e. The molecule has 0 radical (unpaired) electrons. The summed E-state index contributed by atoms with van der Waals surface area (Å²) in [4.78, 5) is 0. The van der Waals surface area contributed by atoms with Gasteiger partial charge in [-0.25, -0.2) is 0 Å². The quantitative estimate of drug-likeness (QED) is 0.471. The number of fused-ring (bicyclic) bond motifs is 5. The Labute approximate surface area is 192 Å². The zero-order valence-corrected chi connectivity index (χ0v) is 20.8. The van der Waals surface area contributed by atoms with Crippen molar-refractivity contribution in [1.29, 1.82) is 0 Å². The van der Waals surface area contributed by atoms with Crippen LogP contribution < -0.4 is 0 Å². The molecule has 0 aromatic carbocycles. The Morgan fingerprint density at radius 3 is 2.22 bits per heavy atom. The van der Waals surface area contributed by atoms with E-state index >= 15 is 0 Å². The highest BCUT2D eigenvalue weighted by Gasteiger charge is 2.61. The molecule has 4 aliphatic carbocycles. The van der Waals surface area contributed by atoms with E-state index in [-0.39, 0.29) is 17.8 Å². The molecule has 0 heterocycles. The molecule has 5 heteroatoms. The molecule has 0 aliphatic heterocycles. The average molecular weight is 459 g/mol. The van der Waals surface area contributed by atoms with Gasteiger partial charge in [-0.05, 0) is 131 Å². The van der Waals surface area contributed by atoms with Gasteiger partial charge in [0.15, 0.2) is 5.60 Å². The highest BCUT2D eigenvalue weighted by atomic mass is 19.4. The van der Waals surface area contributed by atoms with Crippen LogP contribution in [-0.2, 0) is 0 Å². The fourth-order valence-electron chi connectivity index (χ4n) is 9.26. The molecule has 10 atom stereocenters. The number of alkyl halides is 3. The SMILES string of the molecule is C[C@H](CCC(C)(O)C(F)(F)F)[C@H]1CC[C@H]2[C@@H]3CC[C@@H]4C[C@@](C)(O)CC[C@]4(C)[C@H]3CC[C@]12C. The maximum absolute atomic E-state index is 13.1. The Kier molecular flexibility index (Phi) is 6.10. The lowest BCUT2D eigenvalue weighted by molar-refractivity contribution is -0.256. The van der Waals surface area contributed by atoms with Gasteiger partial charge >= 0.3 is 6.18 Å². The first-order valence-electron chi connectivity index (χ1n) is 13.1. The van der Waals surface area contributed by atoms with Gasteiger partial charge in [-0.15, -0.1) is 0 Å². The van der Waals surface area contributed by atoms with Crippen LogP contribution in [0.4, 0.5) is 13.2 Å². The van der Waals surface area contributed by atoms with E-state index in [0.29, 0.717) is 29.6 Å². The second kappa shape index (κ2) is 7.86. The monoisotopic (exact) mass is 458 g/mol. The summed E-state index contributed by atoms with van der Waals surface area (Å²) in [5.41, 5.74) is -2.55. The van der Waals surface area contributed by atoms with Crippen molar-refractivity contribution in [3.05, 3.63) is 0 Å². The van der Waals surface area contributed by atoms with Crippen molar-refractivity contribution in [2.24, 2.45) is 46.3 Å². The topological polar surface area (TPSA) is 40.5 Å². The molecule has 32 heavy (non-hydrogen) atoms. The summed E-state index contributed by atoms with van der Waals surface area (Å²) in [7, 11) is 0. The molecule has 4 saturated carbocycles. The van der Waals surface area contributed by atoms with Crippen LogP contribution in [-0.4, -0.2) is 27.6 Å². The van der Waals surface area contributed by atoms with Crippen LogP contribution in [0.2, 0.25) is 0 Å². The van der Waals surface area contributed by atoms with E-state index in [1.807, 2.05) is 6.92 Å². The van der Waals surface area contributed by atoms with Crippen LogP contribution in [0.15, 0.2) is 0 Å². The minimum absolute atomic E-state index is 0.201. The van der Waals surface area contributed by atoms with E-state index in [0.717, 1.165) is 44.4 Å². The van der Waals surface area contributed by atoms with Gasteiger partial charge in [0.05, 0.1) is 5.60 Å². The first kappa shape index (κ1) is 24.8. The molecule has 4 fully saturated rings. The fraction of sp³-hybridized carbons (Fsp3) is 1.00. The van der Waals surface area contributed by atoms with Gasteiger partial charge in [-0.3, -0.25) is 0 Å². The summed E-state index contributed by atoms with van der Waals surface area (Å²) < 4.78 is 39.4. The molecule has 0 bridgehead atoms. The second-order valence-electron chi connectivity index (χ2n) is 13.4. The third-order valence-electron chi connectivity index (χ3n) is 11.4. The van der Waals surface area contributed by atoms with Crippen molar-refractivity contribution in [3.63, 3.8) is 0 Å². The van der Waals surface area contributed by atoms with Gasteiger partial charge in [-0.1, -0.05) is 20.8 Å². The lowest BCUT2D eigenvalue weighted by Gasteiger charge is -2.62. The van der Waals surface area contributed by atoms with Gasteiger partial charge in [0.1, 0.15) is 0 Å². The Balaban J connectivity index is 1.46. The van der Waals surface area contributed by atoms with E-state index in [1.54, 1.807) is 0 Å². The summed E-state index contributed by atoms with van der Waals surface area (Å²) in [6.07, 6.45) is 5.85. The summed E-state index contributed by atoms with van der Waals surface area (Å²) in [6.45, 7) is 9.99. The molecule has 4 aliphatic rings. The van der Waals surface area contributed by atoms with Gasteiger partial charge in [0.25, 0.3) is 0 Å². The predicted molar refractivity (Wildman–Crippen MR) is 121 cm³/mol. The van der Waals surface area contributed by atoms with Crippen LogP contribution in [0.5, 0.6) is 0 Å². The molecule has 1 unspecified atom stereocenters. The molecule has 0 spiro atoms. The average Bonchev–Trinajstić information content (AvgIpc) is 3.03. The molecular formula is C27H45F3O2. The fourth-order valence-corrected chi connectivity index (χ4v) is 9.26. The molecule has 0 aromatic rings. The van der Waals surface area contributed by atoms with Crippen LogP contribution in [0.3, 0.4) is 0 Å². The van der Waals surface area contributed by atoms with Crippen LogP contribution >= 0.6 is 0 Å². The normalized spacial score (nSPS) is 49.5. The standard InChI is InChI=1S/C27H45F3O2/c1-17(10-13-26(5,32)27(28,29)30)20-8-9-21-19-7-6-18-16-23(2,31)14-15-24(18,3)22(19)11-12-25(20,21)4/h17-22,31-32H,6-16H2,1-5H3/t17-,18-,19+,20-,21+,22+,23+,24+,25-,26?/m1/s1. The zero-order chi connectivity index (χ0) is 23.7. The number of aliphatic hydroxyl groups is 2. The van der Waals surface area contributed by atoms with Crippen molar-refractivity contribution < 1.29 is 23.4 Å². The summed E-state index contributed by atoms with van der Waals surface area (Å²) >= 11 is 0. The lowest BCUT2D eigenvalue weighted by Crippen LogP contribution is -2.55. The molecule has 0 saturated heterocycles. The van der Waals surface area contributed by atoms with Crippen molar-refractivity contribution in [2.45, 2.75) is 123 Å². The van der Waals surface area contributed by atoms with Crippen molar-refractivity contribution >= 4 is 0 Å². The summed E-state index contributed by atoms with van der Waals surface area (Å²) in [5.74, 6) is 3.42. The van der Waals surface area contributed by atoms with Crippen molar-refractivity contribution in [1.82, 2.24) is 0 Å². The maximum Gasteiger partial charge on any atom is 0.416 e. The van der Waals surface area contributed by atoms with Crippen LogP contribution in [0.1, 0.15) is 105 Å². The number of rotatable bonds is 4. The van der Waals surface area contributed by atoms with E-state index in [4.69, 9.17) is 0 Å². The first-order valence-corrected chi connectivity index (χ1v) is 13.1. The van der Waals surface area contributed by atoms with Crippen LogP contribution in [0, 0.1) is 46.3 Å². The minimum atomic E-state index is -4.56. The smallest absolute Gasteiger partial charge is 0.390 e. The third-order valence-corrected chi connectivity index (χ3v) is 11.4. The van der Waals surface area contributed by atoms with Gasteiger partial charge in [0, 0.05) is 0 Å². The molecule has 0 aromatic heterocycles. The molecule has 4 rings (SSSR count).